The van der Waals surface area contributed by atoms with Gasteiger partial charge in [-0.3, -0.25) is 9.36 Å². The van der Waals surface area contributed by atoms with E-state index in [2.05, 4.69) is 13.8 Å². The smallest absolute Gasteiger partial charge is 0.328 e. The zero-order valence-corrected chi connectivity index (χ0v) is 19.6. The highest BCUT2D eigenvalue weighted by Gasteiger charge is 2.20. The molecule has 0 rings (SSSR count). The van der Waals surface area contributed by atoms with Gasteiger partial charge in [0.25, 0.3) is 0 Å². The molecule has 0 amide bonds. The number of rotatable bonds is 20. The number of carbonyl (C=O) groups excluding carboxylic acids is 1. The largest absolute Gasteiger partial charge is 0.463 e. The molecule has 0 bridgehead atoms. The van der Waals surface area contributed by atoms with Gasteiger partial charge >= 0.3 is 13.6 Å². The number of aliphatic hydroxyl groups is 1. The van der Waals surface area contributed by atoms with Crippen LogP contribution in [0.25, 0.3) is 0 Å². The lowest BCUT2D eigenvalue weighted by molar-refractivity contribution is -0.146. The maximum Gasteiger partial charge on any atom is 0.328 e. The second-order valence-corrected chi connectivity index (χ2v) is 10.4. The number of carbonyl (C=O) groups is 1. The van der Waals surface area contributed by atoms with Gasteiger partial charge in [-0.2, -0.15) is 0 Å². The molecule has 0 aromatic heterocycles. The first-order valence-corrected chi connectivity index (χ1v) is 13.4. The molecule has 0 saturated heterocycles. The minimum Gasteiger partial charge on any atom is -0.463 e. The summed E-state index contributed by atoms with van der Waals surface area (Å²) in [6.45, 7) is 4.23. The van der Waals surface area contributed by atoms with Crippen molar-refractivity contribution in [3.8, 4) is 0 Å². The van der Waals surface area contributed by atoms with Crippen LogP contribution in [0, 0.1) is 5.92 Å². The summed E-state index contributed by atoms with van der Waals surface area (Å²) in [4.78, 5) is 29.0. The zero-order chi connectivity index (χ0) is 22.0. The van der Waals surface area contributed by atoms with Crippen LogP contribution in [0.2, 0.25) is 0 Å². The fourth-order valence-electron chi connectivity index (χ4n) is 3.36. The van der Waals surface area contributed by atoms with Gasteiger partial charge in [0.1, 0.15) is 6.61 Å². The Labute approximate surface area is 178 Å². The van der Waals surface area contributed by atoms with Crippen LogP contribution in [0.4, 0.5) is 0 Å². The van der Waals surface area contributed by atoms with Crippen molar-refractivity contribution >= 4 is 13.6 Å². The maximum atomic E-state index is 11.5. The molecule has 0 aliphatic carbocycles. The second kappa shape index (κ2) is 18.4. The first kappa shape index (κ1) is 28.6. The van der Waals surface area contributed by atoms with Gasteiger partial charge in [-0.25, -0.2) is 0 Å². The Bertz CT molecular complexity index is 435. The van der Waals surface area contributed by atoms with Crippen LogP contribution in [0.15, 0.2) is 0 Å². The normalized spacial score (nSPS) is 13.0. The third-order valence-corrected chi connectivity index (χ3v) is 5.94. The molecule has 0 aliphatic rings. The SMILES string of the molecule is CC(C)CCCCCCCCCCCCCCCC(=O)OCC(O)CP(=O)(O)O. The van der Waals surface area contributed by atoms with Gasteiger partial charge in [-0.1, -0.05) is 97.3 Å². The van der Waals surface area contributed by atoms with Crippen LogP contribution in [0.1, 0.15) is 110 Å². The van der Waals surface area contributed by atoms with E-state index >= 15 is 0 Å². The van der Waals surface area contributed by atoms with Crippen LogP contribution in [0.3, 0.4) is 0 Å². The summed E-state index contributed by atoms with van der Waals surface area (Å²) in [5, 5.41) is 9.38. The molecule has 0 aromatic carbocycles. The summed E-state index contributed by atoms with van der Waals surface area (Å²) in [5.74, 6) is 0.421. The van der Waals surface area contributed by atoms with Crippen molar-refractivity contribution in [2.45, 2.75) is 116 Å². The van der Waals surface area contributed by atoms with Crippen LogP contribution >= 0.6 is 7.60 Å². The standard InChI is InChI=1S/C22H45O6P/c1-20(2)16-14-12-10-8-6-4-3-5-7-9-11-13-15-17-22(24)28-18-21(23)19-29(25,26)27/h20-21,23H,3-19H2,1-2H3,(H2,25,26,27). The third kappa shape index (κ3) is 23.7. The summed E-state index contributed by atoms with van der Waals surface area (Å²) < 4.78 is 15.6. The molecular formula is C22H45O6P. The van der Waals surface area contributed by atoms with E-state index in [1.54, 1.807) is 0 Å². The predicted molar refractivity (Wildman–Crippen MR) is 118 cm³/mol. The summed E-state index contributed by atoms with van der Waals surface area (Å²) in [6.07, 6.45) is 15.9. The van der Waals surface area contributed by atoms with E-state index < -0.39 is 25.8 Å². The highest BCUT2D eigenvalue weighted by Crippen LogP contribution is 2.34. The average Bonchev–Trinajstić information content (AvgIpc) is 2.61. The topological polar surface area (TPSA) is 104 Å². The molecule has 1 unspecified atom stereocenters. The lowest BCUT2D eigenvalue weighted by Gasteiger charge is -2.12. The van der Waals surface area contributed by atoms with Gasteiger partial charge in [0.05, 0.1) is 12.3 Å². The van der Waals surface area contributed by atoms with Crippen LogP contribution in [-0.4, -0.2) is 39.7 Å². The summed E-state index contributed by atoms with van der Waals surface area (Å²) in [6, 6.07) is 0. The first-order valence-electron chi connectivity index (χ1n) is 11.6. The van der Waals surface area contributed by atoms with E-state index in [9.17, 15) is 14.5 Å². The van der Waals surface area contributed by atoms with Crippen molar-refractivity contribution in [1.29, 1.82) is 0 Å². The Morgan fingerprint density at radius 3 is 1.62 bits per heavy atom. The van der Waals surface area contributed by atoms with Crippen LogP contribution < -0.4 is 0 Å². The minimum absolute atomic E-state index is 0.291. The van der Waals surface area contributed by atoms with E-state index in [1.807, 2.05) is 0 Å². The van der Waals surface area contributed by atoms with E-state index in [0.717, 1.165) is 25.2 Å². The highest BCUT2D eigenvalue weighted by atomic mass is 31.2. The summed E-state index contributed by atoms with van der Waals surface area (Å²) in [7, 11) is -4.28. The van der Waals surface area contributed by atoms with E-state index in [4.69, 9.17) is 14.5 Å². The number of hydrogen-bond donors (Lipinski definition) is 3. The third-order valence-electron chi connectivity index (χ3n) is 5.05. The quantitative estimate of drug-likeness (QED) is 0.131. The Morgan fingerprint density at radius 2 is 1.21 bits per heavy atom. The van der Waals surface area contributed by atoms with Crippen molar-refractivity contribution in [3.05, 3.63) is 0 Å². The molecule has 29 heavy (non-hydrogen) atoms. The van der Waals surface area contributed by atoms with Gasteiger partial charge in [-0.05, 0) is 12.3 Å². The van der Waals surface area contributed by atoms with Gasteiger partial charge in [0.15, 0.2) is 0 Å². The Hall–Kier alpha value is -0.420. The molecule has 7 heteroatoms. The van der Waals surface area contributed by atoms with Gasteiger partial charge in [-0.15, -0.1) is 0 Å². The first-order chi connectivity index (χ1) is 13.7. The minimum atomic E-state index is -4.28. The molecule has 0 spiro atoms. The van der Waals surface area contributed by atoms with Gasteiger partial charge < -0.3 is 19.6 Å². The maximum absolute atomic E-state index is 11.5. The number of esters is 1. The highest BCUT2D eigenvalue weighted by molar-refractivity contribution is 7.51. The zero-order valence-electron chi connectivity index (χ0n) is 18.7. The number of ether oxygens (including phenoxy) is 1. The number of unbranched alkanes of at least 4 members (excludes halogenated alkanes) is 12. The number of aliphatic hydroxyl groups excluding tert-OH is 1. The van der Waals surface area contributed by atoms with Crippen molar-refractivity contribution < 1.29 is 29.0 Å². The van der Waals surface area contributed by atoms with Crippen molar-refractivity contribution in [3.63, 3.8) is 0 Å². The summed E-state index contributed by atoms with van der Waals surface area (Å²) >= 11 is 0. The molecule has 1 atom stereocenters. The fraction of sp³-hybridized carbons (Fsp3) is 0.955. The molecular weight excluding hydrogens is 391 g/mol. The summed E-state index contributed by atoms with van der Waals surface area (Å²) in [5.41, 5.74) is 0. The predicted octanol–water partition coefficient (Wildman–Crippen LogP) is 5.58. The van der Waals surface area contributed by atoms with Crippen molar-refractivity contribution in [2.24, 2.45) is 5.92 Å². The molecule has 0 aromatic rings. The average molecular weight is 437 g/mol. The van der Waals surface area contributed by atoms with Crippen LogP contribution in [0.5, 0.6) is 0 Å². The van der Waals surface area contributed by atoms with Crippen LogP contribution in [-0.2, 0) is 14.1 Å². The second-order valence-electron chi connectivity index (χ2n) is 8.71. The van der Waals surface area contributed by atoms with Crippen molar-refractivity contribution in [2.75, 3.05) is 12.8 Å². The molecule has 174 valence electrons. The lowest BCUT2D eigenvalue weighted by Crippen LogP contribution is -2.22. The molecule has 6 nitrogen and oxygen atoms in total. The molecule has 0 radical (unpaired) electrons. The Morgan fingerprint density at radius 1 is 0.793 bits per heavy atom. The monoisotopic (exact) mass is 436 g/mol. The molecule has 0 aliphatic heterocycles. The fourth-order valence-corrected chi connectivity index (χ4v) is 4.01. The Kier molecular flexibility index (Phi) is 18.1. The van der Waals surface area contributed by atoms with Crippen molar-refractivity contribution in [1.82, 2.24) is 0 Å². The molecule has 0 heterocycles. The lowest BCUT2D eigenvalue weighted by atomic mass is 10.0. The van der Waals surface area contributed by atoms with E-state index in [-0.39, 0.29) is 6.61 Å². The molecule has 3 N–H and O–H groups in total. The molecule has 0 fully saturated rings. The van der Waals surface area contributed by atoms with E-state index in [0.29, 0.717) is 6.42 Å². The molecule has 0 saturated carbocycles. The number of hydrogen-bond acceptors (Lipinski definition) is 4. The van der Waals surface area contributed by atoms with Gasteiger partial charge in [0.2, 0.25) is 0 Å². The Balaban J connectivity index is 3.29. The van der Waals surface area contributed by atoms with E-state index in [1.165, 1.54) is 70.6 Å². The van der Waals surface area contributed by atoms with Gasteiger partial charge in [0, 0.05) is 6.42 Å².